The van der Waals surface area contributed by atoms with Crippen LogP contribution in [0.5, 0.6) is 5.88 Å². The van der Waals surface area contributed by atoms with Crippen LogP contribution in [0, 0.1) is 0 Å². The smallest absolute Gasteiger partial charge is 0.218 e. The molecule has 1 aromatic rings. The normalized spacial score (nSPS) is 20.8. The van der Waals surface area contributed by atoms with Gasteiger partial charge in [0.25, 0.3) is 0 Å². The molecular weight excluding hydrogens is 254 g/mol. The summed E-state index contributed by atoms with van der Waals surface area (Å²) in [6.45, 7) is 9.37. The molecule has 6 nitrogen and oxygen atoms in total. The number of hydrogen-bond acceptors (Lipinski definition) is 6. The van der Waals surface area contributed by atoms with Gasteiger partial charge in [0.2, 0.25) is 5.88 Å². The van der Waals surface area contributed by atoms with Crippen molar-refractivity contribution in [3.63, 3.8) is 0 Å². The molecule has 2 aliphatic heterocycles. The van der Waals surface area contributed by atoms with Gasteiger partial charge in [-0.1, -0.05) is 6.92 Å². The lowest BCUT2D eigenvalue weighted by atomic mass is 10.1. The number of aromatic nitrogens is 2. The predicted molar refractivity (Wildman–Crippen MR) is 78.3 cm³/mol. The number of rotatable bonds is 5. The number of anilines is 1. The average molecular weight is 277 g/mol. The summed E-state index contributed by atoms with van der Waals surface area (Å²) in [6.07, 6.45) is 2.59. The zero-order chi connectivity index (χ0) is 13.8. The van der Waals surface area contributed by atoms with E-state index in [1.54, 1.807) is 6.33 Å². The quantitative estimate of drug-likeness (QED) is 0.839. The first-order valence-corrected chi connectivity index (χ1v) is 7.51. The van der Waals surface area contributed by atoms with E-state index in [2.05, 4.69) is 32.0 Å². The molecule has 3 rings (SSSR count). The summed E-state index contributed by atoms with van der Waals surface area (Å²) < 4.78 is 5.58. The van der Waals surface area contributed by atoms with E-state index >= 15 is 0 Å². The second-order valence-corrected chi connectivity index (χ2v) is 5.40. The van der Waals surface area contributed by atoms with Gasteiger partial charge in [-0.2, -0.15) is 0 Å². The van der Waals surface area contributed by atoms with E-state index in [9.17, 15) is 0 Å². The fraction of sp³-hybridized carbons (Fsp3) is 0.714. The molecule has 110 valence electrons. The lowest BCUT2D eigenvalue weighted by Gasteiger charge is -2.43. The zero-order valence-corrected chi connectivity index (χ0v) is 12.1. The average Bonchev–Trinajstić information content (AvgIpc) is 2.44. The second kappa shape index (κ2) is 6.37. The number of hydrogen-bond donors (Lipinski definition) is 1. The molecule has 6 heteroatoms. The van der Waals surface area contributed by atoms with Crippen LogP contribution in [0.4, 0.5) is 5.82 Å². The Morgan fingerprint density at radius 1 is 1.25 bits per heavy atom. The summed E-state index contributed by atoms with van der Waals surface area (Å²) >= 11 is 0. The highest BCUT2D eigenvalue weighted by Gasteiger charge is 2.28. The number of piperazine rings is 1. The third-order valence-electron chi connectivity index (χ3n) is 4.00. The largest absolute Gasteiger partial charge is 0.478 e. The van der Waals surface area contributed by atoms with Gasteiger partial charge in [0.15, 0.2) is 0 Å². The van der Waals surface area contributed by atoms with Gasteiger partial charge in [-0.05, 0) is 6.42 Å². The van der Waals surface area contributed by atoms with Gasteiger partial charge < -0.3 is 15.0 Å². The van der Waals surface area contributed by atoms with Crippen LogP contribution in [0.2, 0.25) is 0 Å². The molecule has 2 saturated heterocycles. The first-order valence-electron chi connectivity index (χ1n) is 7.51. The van der Waals surface area contributed by atoms with Crippen molar-refractivity contribution in [2.75, 3.05) is 50.8 Å². The van der Waals surface area contributed by atoms with E-state index in [1.807, 2.05) is 6.07 Å². The molecular formula is C14H23N5O. The van der Waals surface area contributed by atoms with Crippen molar-refractivity contribution in [3.05, 3.63) is 12.4 Å². The van der Waals surface area contributed by atoms with Crippen molar-refractivity contribution in [2.24, 2.45) is 0 Å². The van der Waals surface area contributed by atoms with Gasteiger partial charge in [0, 0.05) is 51.4 Å². The fourth-order valence-corrected chi connectivity index (χ4v) is 2.64. The second-order valence-electron chi connectivity index (χ2n) is 5.40. The molecule has 0 bridgehead atoms. The van der Waals surface area contributed by atoms with Gasteiger partial charge in [0.1, 0.15) is 12.1 Å². The zero-order valence-electron chi connectivity index (χ0n) is 12.1. The molecule has 0 amide bonds. The summed E-state index contributed by atoms with van der Waals surface area (Å²) in [5.74, 6) is 1.67. The lowest BCUT2D eigenvalue weighted by molar-refractivity contribution is 0.137. The third kappa shape index (κ3) is 3.02. The van der Waals surface area contributed by atoms with E-state index in [0.717, 1.165) is 57.5 Å². The molecule has 0 saturated carbocycles. The number of ether oxygens (including phenoxy) is 1. The summed E-state index contributed by atoms with van der Waals surface area (Å²) in [5, 5.41) is 3.34. The minimum Gasteiger partial charge on any atom is -0.478 e. The molecule has 2 aliphatic rings. The Kier molecular flexibility index (Phi) is 4.32. The van der Waals surface area contributed by atoms with Crippen molar-refractivity contribution in [1.29, 1.82) is 0 Å². The van der Waals surface area contributed by atoms with E-state index in [1.165, 1.54) is 0 Å². The van der Waals surface area contributed by atoms with E-state index in [-0.39, 0.29) is 0 Å². The summed E-state index contributed by atoms with van der Waals surface area (Å²) in [7, 11) is 0. The van der Waals surface area contributed by atoms with Crippen molar-refractivity contribution in [1.82, 2.24) is 20.2 Å². The van der Waals surface area contributed by atoms with E-state index < -0.39 is 0 Å². The van der Waals surface area contributed by atoms with Crippen molar-refractivity contribution >= 4 is 5.82 Å². The predicted octanol–water partition coefficient (Wildman–Crippen LogP) is 0.359. The minimum atomic E-state index is 0.683. The molecule has 0 aromatic carbocycles. The van der Waals surface area contributed by atoms with Crippen LogP contribution in [0.25, 0.3) is 0 Å². The number of nitrogens with zero attached hydrogens (tertiary/aromatic N) is 4. The Balaban J connectivity index is 1.56. The van der Waals surface area contributed by atoms with Gasteiger partial charge in [-0.25, -0.2) is 9.97 Å². The molecule has 1 N–H and O–H groups in total. The van der Waals surface area contributed by atoms with Crippen molar-refractivity contribution < 1.29 is 4.74 Å². The first kappa shape index (κ1) is 13.6. The lowest BCUT2D eigenvalue weighted by Crippen LogP contribution is -2.61. The molecule has 0 spiro atoms. The molecule has 0 atom stereocenters. The van der Waals surface area contributed by atoms with E-state index in [0.29, 0.717) is 12.5 Å². The van der Waals surface area contributed by atoms with Crippen molar-refractivity contribution in [3.8, 4) is 5.88 Å². The van der Waals surface area contributed by atoms with Crippen LogP contribution in [0.3, 0.4) is 0 Å². The van der Waals surface area contributed by atoms with Crippen LogP contribution in [-0.2, 0) is 0 Å². The Bertz CT molecular complexity index is 429. The molecule has 0 unspecified atom stereocenters. The summed E-state index contributed by atoms with van der Waals surface area (Å²) in [4.78, 5) is 13.4. The molecule has 0 radical (unpaired) electrons. The summed E-state index contributed by atoms with van der Waals surface area (Å²) in [6, 6.07) is 2.70. The number of nitrogens with one attached hydrogen (secondary N) is 1. The maximum atomic E-state index is 5.58. The molecule has 1 aromatic heterocycles. The van der Waals surface area contributed by atoms with Gasteiger partial charge >= 0.3 is 0 Å². The maximum absolute atomic E-state index is 5.58. The van der Waals surface area contributed by atoms with Crippen molar-refractivity contribution in [2.45, 2.75) is 19.4 Å². The Morgan fingerprint density at radius 3 is 2.70 bits per heavy atom. The van der Waals surface area contributed by atoms with Crippen LogP contribution in [0.15, 0.2) is 12.4 Å². The molecule has 20 heavy (non-hydrogen) atoms. The van der Waals surface area contributed by atoms with Crippen LogP contribution in [-0.4, -0.2) is 66.8 Å². The first-order chi connectivity index (χ1) is 9.86. The highest BCUT2D eigenvalue weighted by molar-refractivity contribution is 5.41. The molecule has 3 heterocycles. The maximum Gasteiger partial charge on any atom is 0.218 e. The van der Waals surface area contributed by atoms with Gasteiger partial charge in [-0.3, -0.25) is 4.90 Å². The Hall–Kier alpha value is -1.40. The van der Waals surface area contributed by atoms with Crippen LogP contribution in [0.1, 0.15) is 13.3 Å². The fourth-order valence-electron chi connectivity index (χ4n) is 2.64. The van der Waals surface area contributed by atoms with E-state index in [4.69, 9.17) is 4.74 Å². The highest BCUT2D eigenvalue weighted by Crippen LogP contribution is 2.19. The third-order valence-corrected chi connectivity index (χ3v) is 4.00. The monoisotopic (exact) mass is 277 g/mol. The van der Waals surface area contributed by atoms with Crippen LogP contribution >= 0.6 is 0 Å². The van der Waals surface area contributed by atoms with Crippen LogP contribution < -0.4 is 15.0 Å². The molecule has 2 fully saturated rings. The highest BCUT2D eigenvalue weighted by atomic mass is 16.5. The standard InChI is InChI=1S/C14H23N5O/c1-2-7-20-14-8-13(16-11-17-14)19-5-3-18(4-6-19)12-9-15-10-12/h8,11-12,15H,2-7,9-10H2,1H3. The Morgan fingerprint density at radius 2 is 2.05 bits per heavy atom. The SMILES string of the molecule is CCCOc1cc(N2CCN(C3CNC3)CC2)ncn1. The van der Waals surface area contributed by atoms with Gasteiger partial charge in [0.05, 0.1) is 6.61 Å². The minimum absolute atomic E-state index is 0.683. The Labute approximate surface area is 120 Å². The topological polar surface area (TPSA) is 53.5 Å². The summed E-state index contributed by atoms with van der Waals surface area (Å²) in [5.41, 5.74) is 0. The molecule has 0 aliphatic carbocycles. The van der Waals surface area contributed by atoms with Gasteiger partial charge in [-0.15, -0.1) is 0 Å².